The Labute approximate surface area is 126 Å². The summed E-state index contributed by atoms with van der Waals surface area (Å²) in [6.07, 6.45) is 7.04. The van der Waals surface area contributed by atoms with Gasteiger partial charge in [0.05, 0.1) is 5.52 Å². The molecule has 21 heavy (non-hydrogen) atoms. The molecule has 0 aliphatic heterocycles. The average molecular weight is 284 g/mol. The Morgan fingerprint density at radius 2 is 2.00 bits per heavy atom. The van der Waals surface area contributed by atoms with E-state index in [1.54, 1.807) is 0 Å². The Hall–Kier alpha value is -1.81. The van der Waals surface area contributed by atoms with Crippen LogP contribution in [0, 0.1) is 0 Å². The number of likely N-dealkylation sites (N-methyl/N-ethyl adjacent to an activating group) is 1. The van der Waals surface area contributed by atoms with Crippen LogP contribution < -0.4 is 11.1 Å². The smallest absolute Gasteiger partial charge is 0.0743 e. The minimum Gasteiger partial charge on any atom is -0.399 e. The number of hydrogen-bond acceptors (Lipinski definition) is 4. The van der Waals surface area contributed by atoms with Gasteiger partial charge in [-0.05, 0) is 51.2 Å². The van der Waals surface area contributed by atoms with Gasteiger partial charge in [-0.25, -0.2) is 0 Å². The molecule has 0 saturated heterocycles. The number of pyridine rings is 1. The van der Waals surface area contributed by atoms with Gasteiger partial charge >= 0.3 is 0 Å². The van der Waals surface area contributed by atoms with E-state index in [9.17, 15) is 0 Å². The van der Waals surface area contributed by atoms with E-state index in [4.69, 9.17) is 5.73 Å². The molecule has 0 spiro atoms. The first-order chi connectivity index (χ1) is 10.1. The third kappa shape index (κ3) is 2.68. The van der Waals surface area contributed by atoms with Crippen LogP contribution in [0.15, 0.2) is 30.5 Å². The molecule has 0 atom stereocenters. The molecule has 0 amide bonds. The van der Waals surface area contributed by atoms with Crippen molar-refractivity contribution >= 4 is 22.3 Å². The molecule has 1 aromatic carbocycles. The first-order valence-electron chi connectivity index (χ1n) is 7.66. The van der Waals surface area contributed by atoms with Crippen molar-refractivity contribution in [3.8, 4) is 0 Å². The zero-order valence-corrected chi connectivity index (χ0v) is 12.9. The van der Waals surface area contributed by atoms with Crippen LogP contribution in [0.25, 0.3) is 10.9 Å². The van der Waals surface area contributed by atoms with E-state index >= 15 is 0 Å². The van der Waals surface area contributed by atoms with E-state index in [0.717, 1.165) is 28.8 Å². The van der Waals surface area contributed by atoms with Gasteiger partial charge in [0, 0.05) is 35.0 Å². The maximum Gasteiger partial charge on any atom is 0.0743 e. The second-order valence-corrected chi connectivity index (χ2v) is 6.31. The lowest BCUT2D eigenvalue weighted by Gasteiger charge is -2.37. The zero-order chi connectivity index (χ0) is 14.9. The molecule has 1 fully saturated rings. The van der Waals surface area contributed by atoms with Crippen molar-refractivity contribution in [1.29, 1.82) is 0 Å². The molecule has 1 aliphatic rings. The van der Waals surface area contributed by atoms with Gasteiger partial charge in [-0.1, -0.05) is 12.8 Å². The second-order valence-electron chi connectivity index (χ2n) is 6.31. The molecule has 0 radical (unpaired) electrons. The molecular formula is C17H24N4. The quantitative estimate of drug-likeness (QED) is 0.847. The average Bonchev–Trinajstić information content (AvgIpc) is 2.95. The van der Waals surface area contributed by atoms with E-state index in [1.807, 2.05) is 18.3 Å². The van der Waals surface area contributed by atoms with Crippen LogP contribution in [0.4, 0.5) is 11.4 Å². The Morgan fingerprint density at radius 1 is 1.24 bits per heavy atom. The highest BCUT2D eigenvalue weighted by molar-refractivity contribution is 5.92. The zero-order valence-electron chi connectivity index (χ0n) is 12.9. The fourth-order valence-electron chi connectivity index (χ4n) is 3.39. The summed E-state index contributed by atoms with van der Waals surface area (Å²) >= 11 is 0. The Kier molecular flexibility index (Phi) is 3.72. The van der Waals surface area contributed by atoms with E-state index in [0.29, 0.717) is 0 Å². The van der Waals surface area contributed by atoms with Crippen LogP contribution in [0.3, 0.4) is 0 Å². The van der Waals surface area contributed by atoms with Crippen molar-refractivity contribution in [2.45, 2.75) is 31.2 Å². The van der Waals surface area contributed by atoms with Crippen molar-refractivity contribution in [2.75, 3.05) is 31.7 Å². The molecule has 4 nitrogen and oxygen atoms in total. The van der Waals surface area contributed by atoms with Crippen LogP contribution in [0.2, 0.25) is 0 Å². The van der Waals surface area contributed by atoms with E-state index < -0.39 is 0 Å². The Balaban J connectivity index is 1.85. The minimum absolute atomic E-state index is 0.281. The number of hydrogen-bond donors (Lipinski definition) is 2. The number of fused-ring (bicyclic) bond motifs is 1. The van der Waals surface area contributed by atoms with Gasteiger partial charge in [-0.2, -0.15) is 0 Å². The lowest BCUT2D eigenvalue weighted by Crippen LogP contribution is -2.47. The molecule has 3 N–H and O–H groups in total. The van der Waals surface area contributed by atoms with Crippen molar-refractivity contribution in [1.82, 2.24) is 9.88 Å². The number of nitrogen functional groups attached to an aromatic ring is 1. The fourth-order valence-corrected chi connectivity index (χ4v) is 3.39. The molecule has 2 aromatic rings. The molecule has 4 heteroatoms. The van der Waals surface area contributed by atoms with Gasteiger partial charge in [-0.15, -0.1) is 0 Å². The van der Waals surface area contributed by atoms with Crippen LogP contribution in [0.5, 0.6) is 0 Å². The molecule has 1 aliphatic carbocycles. The van der Waals surface area contributed by atoms with Gasteiger partial charge in [0.1, 0.15) is 0 Å². The topological polar surface area (TPSA) is 54.2 Å². The third-order valence-corrected chi connectivity index (χ3v) is 4.86. The van der Waals surface area contributed by atoms with Crippen molar-refractivity contribution in [3.63, 3.8) is 0 Å². The number of rotatable bonds is 4. The van der Waals surface area contributed by atoms with Crippen LogP contribution in [0.1, 0.15) is 25.7 Å². The molecule has 1 saturated carbocycles. The summed E-state index contributed by atoms with van der Waals surface area (Å²) in [6.45, 7) is 0.976. The van der Waals surface area contributed by atoms with E-state index in [-0.39, 0.29) is 5.54 Å². The van der Waals surface area contributed by atoms with Gasteiger partial charge in [0.2, 0.25) is 0 Å². The molecule has 0 bridgehead atoms. The SMILES string of the molecule is CN(C)C1(CNc2ccnc3cc(N)ccc23)CCCC1. The second kappa shape index (κ2) is 5.53. The normalized spacial score (nSPS) is 17.5. The third-order valence-electron chi connectivity index (χ3n) is 4.86. The summed E-state index contributed by atoms with van der Waals surface area (Å²) in [7, 11) is 4.39. The number of aromatic nitrogens is 1. The van der Waals surface area contributed by atoms with Gasteiger partial charge in [-0.3, -0.25) is 4.98 Å². The van der Waals surface area contributed by atoms with Crippen molar-refractivity contribution in [2.24, 2.45) is 0 Å². The Bertz CT molecular complexity index is 630. The first kappa shape index (κ1) is 14.1. The number of nitrogens with two attached hydrogens (primary N) is 1. The van der Waals surface area contributed by atoms with Crippen LogP contribution in [-0.4, -0.2) is 36.1 Å². The predicted octanol–water partition coefficient (Wildman–Crippen LogP) is 3.10. The fraction of sp³-hybridized carbons (Fsp3) is 0.471. The molecule has 3 rings (SSSR count). The summed E-state index contributed by atoms with van der Waals surface area (Å²) in [4.78, 5) is 6.79. The molecule has 1 aromatic heterocycles. The van der Waals surface area contributed by atoms with Crippen molar-refractivity contribution < 1.29 is 0 Å². The number of anilines is 2. The maximum atomic E-state index is 5.84. The van der Waals surface area contributed by atoms with E-state index in [2.05, 4.69) is 41.4 Å². The molecule has 1 heterocycles. The lowest BCUT2D eigenvalue weighted by molar-refractivity contribution is 0.172. The molecular weight excluding hydrogens is 260 g/mol. The highest BCUT2D eigenvalue weighted by Crippen LogP contribution is 2.34. The van der Waals surface area contributed by atoms with Crippen LogP contribution in [-0.2, 0) is 0 Å². The summed E-state index contributed by atoms with van der Waals surface area (Å²) < 4.78 is 0. The standard InChI is InChI=1S/C17H24N4/c1-21(2)17(8-3-4-9-17)12-20-15-7-10-19-16-11-13(18)5-6-14(15)16/h5-7,10-11H,3-4,8-9,12,18H2,1-2H3,(H,19,20). The molecule has 0 unspecified atom stereocenters. The van der Waals surface area contributed by atoms with Crippen LogP contribution >= 0.6 is 0 Å². The van der Waals surface area contributed by atoms with Gasteiger partial charge in [0.15, 0.2) is 0 Å². The lowest BCUT2D eigenvalue weighted by atomic mass is 9.96. The van der Waals surface area contributed by atoms with Gasteiger partial charge in [0.25, 0.3) is 0 Å². The monoisotopic (exact) mass is 284 g/mol. The highest BCUT2D eigenvalue weighted by Gasteiger charge is 2.35. The maximum absolute atomic E-state index is 5.84. The van der Waals surface area contributed by atoms with Gasteiger partial charge < -0.3 is 16.0 Å². The predicted molar refractivity (Wildman–Crippen MR) is 89.5 cm³/mol. The van der Waals surface area contributed by atoms with Crippen molar-refractivity contribution in [3.05, 3.63) is 30.5 Å². The summed E-state index contributed by atoms with van der Waals surface area (Å²) in [5.41, 5.74) is 8.98. The number of benzene rings is 1. The first-order valence-corrected chi connectivity index (χ1v) is 7.66. The highest BCUT2D eigenvalue weighted by atomic mass is 15.2. The summed E-state index contributed by atoms with van der Waals surface area (Å²) in [5, 5.41) is 4.79. The number of nitrogens with zero attached hydrogens (tertiary/aromatic N) is 2. The van der Waals surface area contributed by atoms with E-state index in [1.165, 1.54) is 25.7 Å². The summed E-state index contributed by atoms with van der Waals surface area (Å²) in [5.74, 6) is 0. The minimum atomic E-state index is 0.281. The summed E-state index contributed by atoms with van der Waals surface area (Å²) in [6, 6.07) is 7.97. The number of nitrogens with one attached hydrogen (secondary N) is 1. The largest absolute Gasteiger partial charge is 0.399 e. The Morgan fingerprint density at radius 3 is 2.71 bits per heavy atom. The molecule has 112 valence electrons.